The third-order valence-corrected chi connectivity index (χ3v) is 5.24. The summed E-state index contributed by atoms with van der Waals surface area (Å²) in [4.78, 5) is 16.8. The van der Waals surface area contributed by atoms with Crippen LogP contribution in [-0.4, -0.2) is 16.2 Å². The number of nitrogens with zero attached hydrogens (tertiary/aromatic N) is 1. The number of hydrogen-bond donors (Lipinski definition) is 2. The molecule has 1 aliphatic rings. The molecule has 0 radical (unpaired) electrons. The number of phenolic OH excluding ortho intramolecular Hbond substituents is 1. The smallest absolute Gasteiger partial charge is 0.264 e. The number of rotatable bonds is 2. The third kappa shape index (κ3) is 3.98. The Hall–Kier alpha value is -1.39. The van der Waals surface area contributed by atoms with E-state index in [0.29, 0.717) is 24.9 Å². The number of carbonyl (C=O) groups excluding carboxylic acids is 1. The molecule has 0 saturated carbocycles. The molecule has 0 aromatic heterocycles. The van der Waals surface area contributed by atoms with Crippen molar-refractivity contribution in [2.24, 2.45) is 4.99 Å². The summed E-state index contributed by atoms with van der Waals surface area (Å²) in [7, 11) is 0. The van der Waals surface area contributed by atoms with E-state index in [1.165, 1.54) is 24.3 Å². The molecule has 0 aliphatic carbocycles. The first kappa shape index (κ1) is 17.4. The van der Waals surface area contributed by atoms with E-state index < -0.39 is 0 Å². The molecule has 1 fully saturated rings. The fraction of sp³-hybridized carbons (Fsp3) is 0. The van der Waals surface area contributed by atoms with E-state index in [0.717, 1.165) is 16.2 Å². The fourth-order valence-corrected chi connectivity index (χ4v) is 4.33. The Balaban J connectivity index is 1.89. The standard InChI is InChI=1S/C16H9BrFIN2O2S/c17-9-5-8(14(22)12(19)7-9)6-13-15(23)21-16(24-13)20-11-3-1-10(18)2-4-11/h1-7,22H,(H,20,21,23)/b13-6-. The zero-order chi connectivity index (χ0) is 17.3. The maximum Gasteiger partial charge on any atom is 0.264 e. The van der Waals surface area contributed by atoms with Crippen LogP contribution in [0.15, 0.2) is 50.8 Å². The quantitative estimate of drug-likeness (QED) is 0.444. The predicted molar refractivity (Wildman–Crippen MR) is 106 cm³/mol. The predicted octanol–water partition coefficient (Wildman–Crippen LogP) is 4.79. The average molecular weight is 519 g/mol. The second kappa shape index (κ2) is 7.24. The summed E-state index contributed by atoms with van der Waals surface area (Å²) >= 11 is 6.55. The van der Waals surface area contributed by atoms with Crippen LogP contribution in [0.5, 0.6) is 5.75 Å². The Morgan fingerprint density at radius 2 is 2.00 bits per heavy atom. The zero-order valence-electron chi connectivity index (χ0n) is 11.9. The van der Waals surface area contributed by atoms with Crippen LogP contribution in [0.2, 0.25) is 0 Å². The van der Waals surface area contributed by atoms with Crippen LogP contribution in [0.3, 0.4) is 0 Å². The van der Waals surface area contributed by atoms with E-state index in [2.05, 4.69) is 26.2 Å². The van der Waals surface area contributed by atoms with Crippen molar-refractivity contribution < 1.29 is 14.3 Å². The van der Waals surface area contributed by atoms with E-state index in [4.69, 9.17) is 0 Å². The summed E-state index contributed by atoms with van der Waals surface area (Å²) in [6.45, 7) is 0. The first-order valence-electron chi connectivity index (χ1n) is 6.65. The van der Waals surface area contributed by atoms with Crippen molar-refractivity contribution in [3.05, 3.63) is 60.7 Å². The van der Waals surface area contributed by atoms with Gasteiger partial charge in [-0.2, -0.15) is 0 Å². The van der Waals surface area contributed by atoms with Gasteiger partial charge in [0.25, 0.3) is 5.91 Å². The average Bonchev–Trinajstić information content (AvgIpc) is 2.86. The number of carbonyl (C=O) groups is 1. The molecule has 24 heavy (non-hydrogen) atoms. The van der Waals surface area contributed by atoms with Crippen LogP contribution in [0.25, 0.3) is 6.08 Å². The molecular formula is C16H9BrFIN2O2S. The van der Waals surface area contributed by atoms with Crippen molar-refractivity contribution >= 4 is 73.1 Å². The molecule has 2 aromatic rings. The van der Waals surface area contributed by atoms with Gasteiger partial charge in [0.2, 0.25) is 0 Å². The highest BCUT2D eigenvalue weighted by molar-refractivity contribution is 14.1. The number of halogens is 3. The summed E-state index contributed by atoms with van der Waals surface area (Å²) in [6.07, 6.45) is 1.61. The van der Waals surface area contributed by atoms with Gasteiger partial charge in [0, 0.05) is 10.0 Å². The minimum Gasteiger partial charge on any atom is -0.506 e. The van der Waals surface area contributed by atoms with E-state index in [9.17, 15) is 14.3 Å². The van der Waals surface area contributed by atoms with Gasteiger partial charge in [0.15, 0.2) is 5.17 Å². The molecule has 1 saturated heterocycles. The van der Waals surface area contributed by atoms with E-state index in [1.54, 1.807) is 18.2 Å². The van der Waals surface area contributed by atoms with Crippen molar-refractivity contribution in [1.29, 1.82) is 0 Å². The van der Waals surface area contributed by atoms with Crippen LogP contribution in [0.4, 0.5) is 10.1 Å². The summed E-state index contributed by atoms with van der Waals surface area (Å²) < 4.78 is 14.4. The molecule has 0 spiro atoms. The largest absolute Gasteiger partial charge is 0.506 e. The first-order valence-corrected chi connectivity index (χ1v) is 9.34. The van der Waals surface area contributed by atoms with Gasteiger partial charge < -0.3 is 10.4 Å². The van der Waals surface area contributed by atoms with Crippen LogP contribution in [-0.2, 0) is 4.79 Å². The number of nitrogens with one attached hydrogen (secondary N) is 1. The van der Waals surface area contributed by atoms with E-state index in [1.807, 2.05) is 22.6 Å². The Morgan fingerprint density at radius 3 is 2.71 bits per heavy atom. The highest BCUT2D eigenvalue weighted by Gasteiger charge is 2.24. The third-order valence-electron chi connectivity index (χ3n) is 3.05. The molecule has 2 N–H and O–H groups in total. The van der Waals surface area contributed by atoms with E-state index >= 15 is 0 Å². The van der Waals surface area contributed by atoms with Crippen molar-refractivity contribution in [2.45, 2.75) is 0 Å². The van der Waals surface area contributed by atoms with Crippen LogP contribution in [0, 0.1) is 9.39 Å². The normalized spacial score (nSPS) is 17.5. The lowest BCUT2D eigenvalue weighted by Crippen LogP contribution is -2.19. The molecule has 0 unspecified atom stereocenters. The fourth-order valence-electron chi connectivity index (χ4n) is 1.95. The van der Waals surface area contributed by atoms with Crippen LogP contribution < -0.4 is 5.32 Å². The SMILES string of the molecule is O=C1NC(=Nc2ccc(F)cc2)S/C1=C\c1cc(Br)cc(I)c1O. The number of aliphatic imine (C=N–C) groups is 1. The maximum atomic E-state index is 12.9. The highest BCUT2D eigenvalue weighted by atomic mass is 127. The molecular weight excluding hydrogens is 510 g/mol. The molecule has 1 aliphatic heterocycles. The van der Waals surface area contributed by atoms with Crippen molar-refractivity contribution in [1.82, 2.24) is 5.32 Å². The van der Waals surface area contributed by atoms with Gasteiger partial charge in [0.05, 0.1) is 14.2 Å². The number of amidine groups is 1. The summed E-state index contributed by atoms with van der Waals surface area (Å²) in [5.74, 6) is -0.527. The molecule has 0 bridgehead atoms. The molecule has 1 amide bonds. The minimum absolute atomic E-state index is 0.114. The number of phenols is 1. The van der Waals surface area contributed by atoms with Crippen LogP contribution >= 0.6 is 50.3 Å². The van der Waals surface area contributed by atoms with Gasteiger partial charge in [0.1, 0.15) is 11.6 Å². The van der Waals surface area contributed by atoms with Crippen molar-refractivity contribution in [2.75, 3.05) is 0 Å². The molecule has 1 heterocycles. The molecule has 122 valence electrons. The Kier molecular flexibility index (Phi) is 5.26. The molecule has 2 aromatic carbocycles. The summed E-state index contributed by atoms with van der Waals surface area (Å²) in [6, 6.07) is 9.17. The topological polar surface area (TPSA) is 61.7 Å². The van der Waals surface area contributed by atoms with Crippen LogP contribution in [0.1, 0.15) is 5.56 Å². The molecule has 8 heteroatoms. The number of thioether (sulfide) groups is 1. The first-order chi connectivity index (χ1) is 11.4. The van der Waals surface area contributed by atoms with Gasteiger partial charge in [-0.1, -0.05) is 15.9 Å². The summed E-state index contributed by atoms with van der Waals surface area (Å²) in [5, 5.41) is 13.2. The highest BCUT2D eigenvalue weighted by Crippen LogP contribution is 2.34. The maximum absolute atomic E-state index is 12.9. The monoisotopic (exact) mass is 518 g/mol. The number of aromatic hydroxyl groups is 1. The van der Waals surface area contributed by atoms with Gasteiger partial charge >= 0.3 is 0 Å². The van der Waals surface area contributed by atoms with Gasteiger partial charge in [-0.15, -0.1) is 0 Å². The second-order valence-corrected chi connectivity index (χ2v) is 7.89. The molecule has 3 rings (SSSR count). The molecule has 0 atom stereocenters. The van der Waals surface area contributed by atoms with Gasteiger partial charge in [-0.05, 0) is 76.8 Å². The lowest BCUT2D eigenvalue weighted by atomic mass is 10.2. The van der Waals surface area contributed by atoms with Gasteiger partial charge in [-0.3, -0.25) is 4.79 Å². The second-order valence-electron chi connectivity index (χ2n) is 4.78. The van der Waals surface area contributed by atoms with Crippen molar-refractivity contribution in [3.63, 3.8) is 0 Å². The molecule has 4 nitrogen and oxygen atoms in total. The summed E-state index contributed by atoms with van der Waals surface area (Å²) in [5.41, 5.74) is 1.08. The van der Waals surface area contributed by atoms with E-state index in [-0.39, 0.29) is 17.5 Å². The minimum atomic E-state index is -0.345. The lowest BCUT2D eigenvalue weighted by Gasteiger charge is -2.03. The number of hydrogen-bond acceptors (Lipinski definition) is 4. The van der Waals surface area contributed by atoms with Gasteiger partial charge in [-0.25, -0.2) is 9.38 Å². The Morgan fingerprint density at radius 1 is 1.29 bits per heavy atom. The van der Waals surface area contributed by atoms with Crippen molar-refractivity contribution in [3.8, 4) is 5.75 Å². The lowest BCUT2D eigenvalue weighted by molar-refractivity contribution is -0.115. The Bertz CT molecular complexity index is 884. The number of amides is 1. The number of benzene rings is 2. The Labute approximate surface area is 163 Å². The zero-order valence-corrected chi connectivity index (χ0v) is 16.4.